The van der Waals surface area contributed by atoms with E-state index in [0.717, 1.165) is 18.9 Å². The summed E-state index contributed by atoms with van der Waals surface area (Å²) in [7, 11) is 0. The number of benzene rings is 1. The summed E-state index contributed by atoms with van der Waals surface area (Å²) in [4.78, 5) is 4.48. The van der Waals surface area contributed by atoms with Crippen LogP contribution in [0.4, 0.5) is 5.95 Å². The quantitative estimate of drug-likeness (QED) is 0.850. The molecule has 1 N–H and O–H groups in total. The predicted octanol–water partition coefficient (Wildman–Crippen LogP) is 4.43. The van der Waals surface area contributed by atoms with Crippen LogP contribution in [0.25, 0.3) is 0 Å². The molecule has 1 atom stereocenters. The standard InChI is InChI=1S/C18H25N3/c1-15(16-7-3-2-4-8-16)11-13-21-14-12-19-18(21)20-17-9-5-6-10-17/h2-4,7-8,12,14-15,17H,5-6,9-11,13H2,1H3,(H,19,20). The molecule has 1 aliphatic rings. The van der Waals surface area contributed by atoms with Gasteiger partial charge in [-0.1, -0.05) is 50.1 Å². The zero-order valence-electron chi connectivity index (χ0n) is 12.8. The van der Waals surface area contributed by atoms with Crippen molar-refractivity contribution in [1.29, 1.82) is 0 Å². The van der Waals surface area contributed by atoms with Crippen molar-refractivity contribution in [2.45, 2.75) is 57.5 Å². The third-order valence-electron chi connectivity index (χ3n) is 4.58. The minimum atomic E-state index is 0.577. The molecule has 21 heavy (non-hydrogen) atoms. The van der Waals surface area contributed by atoms with Crippen molar-refractivity contribution in [3.63, 3.8) is 0 Å². The molecule has 1 aromatic carbocycles. The van der Waals surface area contributed by atoms with Gasteiger partial charge in [0.05, 0.1) is 0 Å². The Morgan fingerprint density at radius 1 is 1.24 bits per heavy atom. The van der Waals surface area contributed by atoms with Gasteiger partial charge in [-0.05, 0) is 30.7 Å². The van der Waals surface area contributed by atoms with Gasteiger partial charge in [0.15, 0.2) is 0 Å². The number of nitrogens with one attached hydrogen (secondary N) is 1. The normalized spacial score (nSPS) is 17.0. The van der Waals surface area contributed by atoms with Crippen LogP contribution >= 0.6 is 0 Å². The van der Waals surface area contributed by atoms with E-state index in [1.54, 1.807) is 0 Å². The lowest BCUT2D eigenvalue weighted by Gasteiger charge is -2.16. The van der Waals surface area contributed by atoms with Crippen molar-refractivity contribution in [1.82, 2.24) is 9.55 Å². The van der Waals surface area contributed by atoms with Crippen molar-refractivity contribution in [2.24, 2.45) is 0 Å². The summed E-state index contributed by atoms with van der Waals surface area (Å²) in [6.07, 6.45) is 10.4. The van der Waals surface area contributed by atoms with Crippen LogP contribution in [-0.2, 0) is 6.54 Å². The minimum Gasteiger partial charge on any atom is -0.353 e. The summed E-state index contributed by atoms with van der Waals surface area (Å²) in [6.45, 7) is 3.32. The number of aryl methyl sites for hydroxylation is 1. The zero-order valence-corrected chi connectivity index (χ0v) is 12.8. The van der Waals surface area contributed by atoms with E-state index in [2.05, 4.69) is 58.3 Å². The van der Waals surface area contributed by atoms with Crippen LogP contribution < -0.4 is 5.32 Å². The summed E-state index contributed by atoms with van der Waals surface area (Å²) in [5, 5.41) is 3.60. The minimum absolute atomic E-state index is 0.577. The van der Waals surface area contributed by atoms with Gasteiger partial charge in [0.2, 0.25) is 5.95 Å². The molecule has 0 radical (unpaired) electrons. The molecule has 0 saturated heterocycles. The van der Waals surface area contributed by atoms with Crippen LogP contribution in [0.1, 0.15) is 50.5 Å². The summed E-state index contributed by atoms with van der Waals surface area (Å²) in [5.41, 5.74) is 1.42. The first-order valence-electron chi connectivity index (χ1n) is 8.15. The van der Waals surface area contributed by atoms with Crippen molar-refractivity contribution in [3.05, 3.63) is 48.3 Å². The summed E-state index contributed by atoms with van der Waals surface area (Å²) < 4.78 is 2.26. The average Bonchev–Trinajstić information content (AvgIpc) is 3.18. The fourth-order valence-electron chi connectivity index (χ4n) is 3.16. The molecule has 1 fully saturated rings. The first kappa shape index (κ1) is 14.2. The number of imidazole rings is 1. The molecular weight excluding hydrogens is 258 g/mol. The highest BCUT2D eigenvalue weighted by Gasteiger charge is 2.16. The second kappa shape index (κ2) is 6.79. The van der Waals surface area contributed by atoms with Gasteiger partial charge in [0.25, 0.3) is 0 Å². The molecule has 0 bridgehead atoms. The molecule has 0 spiro atoms. The van der Waals surface area contributed by atoms with E-state index < -0.39 is 0 Å². The Hall–Kier alpha value is -1.77. The lowest BCUT2D eigenvalue weighted by molar-refractivity contribution is 0.575. The van der Waals surface area contributed by atoms with E-state index in [1.807, 2.05) is 6.20 Å². The lowest BCUT2D eigenvalue weighted by Crippen LogP contribution is -2.18. The number of anilines is 1. The van der Waals surface area contributed by atoms with E-state index in [0.29, 0.717) is 12.0 Å². The van der Waals surface area contributed by atoms with Crippen molar-refractivity contribution in [2.75, 3.05) is 5.32 Å². The molecule has 3 heteroatoms. The molecule has 3 rings (SSSR count). The summed E-state index contributed by atoms with van der Waals surface area (Å²) in [6, 6.07) is 11.4. The Kier molecular flexibility index (Phi) is 4.59. The third-order valence-corrected chi connectivity index (χ3v) is 4.58. The van der Waals surface area contributed by atoms with Crippen LogP contribution in [-0.4, -0.2) is 15.6 Å². The Bertz CT molecular complexity index is 541. The maximum atomic E-state index is 4.48. The van der Waals surface area contributed by atoms with Crippen LogP contribution in [0.15, 0.2) is 42.7 Å². The third kappa shape index (κ3) is 3.66. The van der Waals surface area contributed by atoms with E-state index in [-0.39, 0.29) is 0 Å². The molecule has 1 aliphatic carbocycles. The summed E-state index contributed by atoms with van der Waals surface area (Å²) >= 11 is 0. The largest absolute Gasteiger partial charge is 0.353 e. The molecule has 0 amide bonds. The van der Waals surface area contributed by atoms with Crippen molar-refractivity contribution in [3.8, 4) is 0 Å². The maximum absolute atomic E-state index is 4.48. The predicted molar refractivity (Wildman–Crippen MR) is 87.6 cm³/mol. The number of rotatable bonds is 6. The van der Waals surface area contributed by atoms with E-state index in [1.165, 1.54) is 31.2 Å². The van der Waals surface area contributed by atoms with Crippen molar-refractivity contribution >= 4 is 5.95 Å². The molecular formula is C18H25N3. The van der Waals surface area contributed by atoms with E-state index >= 15 is 0 Å². The SMILES string of the molecule is CC(CCn1ccnc1NC1CCCC1)c1ccccc1. The van der Waals surface area contributed by atoms with Crippen molar-refractivity contribution < 1.29 is 0 Å². The maximum Gasteiger partial charge on any atom is 0.202 e. The Labute approximate surface area is 127 Å². The second-order valence-corrected chi connectivity index (χ2v) is 6.17. The van der Waals surface area contributed by atoms with Gasteiger partial charge in [-0.3, -0.25) is 0 Å². The fourth-order valence-corrected chi connectivity index (χ4v) is 3.16. The molecule has 112 valence electrons. The smallest absolute Gasteiger partial charge is 0.202 e. The van der Waals surface area contributed by atoms with Crippen LogP contribution in [0, 0.1) is 0 Å². The highest BCUT2D eigenvalue weighted by molar-refractivity contribution is 5.28. The first-order chi connectivity index (χ1) is 10.3. The van der Waals surface area contributed by atoms with Gasteiger partial charge in [0, 0.05) is 25.0 Å². The number of hydrogen-bond donors (Lipinski definition) is 1. The fraction of sp³-hybridized carbons (Fsp3) is 0.500. The average molecular weight is 283 g/mol. The monoisotopic (exact) mass is 283 g/mol. The summed E-state index contributed by atoms with van der Waals surface area (Å²) in [5.74, 6) is 1.62. The lowest BCUT2D eigenvalue weighted by atomic mass is 9.98. The van der Waals surface area contributed by atoms with E-state index in [4.69, 9.17) is 0 Å². The van der Waals surface area contributed by atoms with Crippen LogP contribution in [0.5, 0.6) is 0 Å². The first-order valence-corrected chi connectivity index (χ1v) is 8.15. The van der Waals surface area contributed by atoms with Gasteiger partial charge in [-0.25, -0.2) is 4.98 Å². The number of hydrogen-bond acceptors (Lipinski definition) is 2. The van der Waals surface area contributed by atoms with Gasteiger partial charge >= 0.3 is 0 Å². The Morgan fingerprint density at radius 2 is 2.00 bits per heavy atom. The van der Waals surface area contributed by atoms with Gasteiger partial charge in [-0.15, -0.1) is 0 Å². The van der Waals surface area contributed by atoms with Crippen LogP contribution in [0.2, 0.25) is 0 Å². The Balaban J connectivity index is 1.57. The molecule has 3 nitrogen and oxygen atoms in total. The molecule has 1 unspecified atom stereocenters. The number of nitrogens with zero attached hydrogens (tertiary/aromatic N) is 2. The molecule has 1 saturated carbocycles. The van der Waals surface area contributed by atoms with Gasteiger partial charge in [0.1, 0.15) is 0 Å². The van der Waals surface area contributed by atoms with Gasteiger partial charge < -0.3 is 9.88 Å². The topological polar surface area (TPSA) is 29.9 Å². The van der Waals surface area contributed by atoms with Crippen LogP contribution in [0.3, 0.4) is 0 Å². The second-order valence-electron chi connectivity index (χ2n) is 6.17. The van der Waals surface area contributed by atoms with E-state index in [9.17, 15) is 0 Å². The number of aromatic nitrogens is 2. The Morgan fingerprint density at radius 3 is 2.76 bits per heavy atom. The highest BCUT2D eigenvalue weighted by atomic mass is 15.2. The molecule has 2 aromatic rings. The highest BCUT2D eigenvalue weighted by Crippen LogP contribution is 2.23. The molecule has 1 aromatic heterocycles. The van der Waals surface area contributed by atoms with Gasteiger partial charge in [-0.2, -0.15) is 0 Å². The zero-order chi connectivity index (χ0) is 14.5. The molecule has 0 aliphatic heterocycles. The molecule has 1 heterocycles.